The maximum Gasteiger partial charge on any atom is 0.238 e. The van der Waals surface area contributed by atoms with E-state index in [4.69, 9.17) is 5.14 Å². The summed E-state index contributed by atoms with van der Waals surface area (Å²) in [6, 6.07) is 8.66. The highest BCUT2D eigenvalue weighted by molar-refractivity contribution is 7.89. The van der Waals surface area contributed by atoms with Crippen molar-refractivity contribution in [2.75, 3.05) is 5.32 Å². The summed E-state index contributed by atoms with van der Waals surface area (Å²) in [6.07, 6.45) is 0. The number of thiophene rings is 1. The molecule has 18 heavy (non-hydrogen) atoms. The number of primary sulfonamides is 1. The molecule has 4 nitrogen and oxygen atoms in total. The molecule has 0 saturated heterocycles. The van der Waals surface area contributed by atoms with Crippen molar-refractivity contribution in [1.29, 1.82) is 0 Å². The van der Waals surface area contributed by atoms with Gasteiger partial charge in [-0.05, 0) is 47.5 Å². The van der Waals surface area contributed by atoms with Crippen LogP contribution < -0.4 is 10.5 Å². The molecule has 0 amide bonds. The van der Waals surface area contributed by atoms with Crippen molar-refractivity contribution in [3.63, 3.8) is 0 Å². The van der Waals surface area contributed by atoms with Crippen molar-refractivity contribution in [1.82, 2.24) is 0 Å². The Balaban J connectivity index is 2.20. The predicted molar refractivity (Wildman–Crippen MR) is 74.2 cm³/mol. The molecule has 2 aromatic rings. The molecule has 0 fully saturated rings. The summed E-state index contributed by atoms with van der Waals surface area (Å²) < 4.78 is 22.5. The normalized spacial score (nSPS) is 13.2. The number of hydrogen-bond acceptors (Lipinski definition) is 4. The zero-order chi connectivity index (χ0) is 13.2. The molecule has 1 heterocycles. The molecule has 2 rings (SSSR count). The largest absolute Gasteiger partial charge is 0.378 e. The summed E-state index contributed by atoms with van der Waals surface area (Å²) in [4.78, 5) is 0.116. The Labute approximate surface area is 111 Å². The van der Waals surface area contributed by atoms with Crippen LogP contribution in [0.4, 0.5) is 5.69 Å². The van der Waals surface area contributed by atoms with Gasteiger partial charge in [0.1, 0.15) is 0 Å². The number of anilines is 1. The third kappa shape index (κ3) is 3.10. The first-order valence-electron chi connectivity index (χ1n) is 5.38. The lowest BCUT2D eigenvalue weighted by atomic mass is 10.2. The van der Waals surface area contributed by atoms with Crippen LogP contribution in [-0.2, 0) is 10.0 Å². The second-order valence-electron chi connectivity index (χ2n) is 4.00. The molecular formula is C12H14N2O2S2. The summed E-state index contributed by atoms with van der Waals surface area (Å²) in [5, 5.41) is 12.4. The molecule has 3 N–H and O–H groups in total. The molecule has 1 aromatic carbocycles. The van der Waals surface area contributed by atoms with Gasteiger partial charge in [0.2, 0.25) is 10.0 Å². The summed E-state index contributed by atoms with van der Waals surface area (Å²) in [5.41, 5.74) is 1.90. The van der Waals surface area contributed by atoms with E-state index >= 15 is 0 Å². The minimum atomic E-state index is -3.65. The fraction of sp³-hybridized carbons (Fsp3) is 0.167. The number of nitrogens with two attached hydrogens (primary N) is 1. The number of nitrogens with one attached hydrogen (secondary N) is 1. The first-order chi connectivity index (χ1) is 8.47. The predicted octanol–water partition coefficient (Wildman–Crippen LogP) is 2.57. The second kappa shape index (κ2) is 5.09. The minimum absolute atomic E-state index is 0.116. The highest BCUT2D eigenvalue weighted by Crippen LogP contribution is 2.22. The van der Waals surface area contributed by atoms with Crippen molar-refractivity contribution in [2.24, 2.45) is 5.14 Å². The molecule has 6 heteroatoms. The zero-order valence-electron chi connectivity index (χ0n) is 9.83. The molecule has 0 spiro atoms. The van der Waals surface area contributed by atoms with Gasteiger partial charge in [0.05, 0.1) is 4.90 Å². The van der Waals surface area contributed by atoms with Gasteiger partial charge in [-0.25, -0.2) is 13.6 Å². The van der Waals surface area contributed by atoms with Crippen LogP contribution in [0.3, 0.4) is 0 Å². The smallest absolute Gasteiger partial charge is 0.238 e. The van der Waals surface area contributed by atoms with Gasteiger partial charge in [-0.15, -0.1) is 0 Å². The lowest BCUT2D eigenvalue weighted by molar-refractivity contribution is 0.598. The van der Waals surface area contributed by atoms with Crippen LogP contribution in [0, 0.1) is 0 Å². The highest BCUT2D eigenvalue weighted by Gasteiger charge is 2.10. The number of benzene rings is 1. The number of sulfonamides is 1. The van der Waals surface area contributed by atoms with E-state index in [1.807, 2.05) is 24.4 Å². The molecule has 96 valence electrons. The van der Waals surface area contributed by atoms with Gasteiger partial charge in [0, 0.05) is 11.7 Å². The molecule has 0 aliphatic rings. The van der Waals surface area contributed by atoms with Crippen LogP contribution in [0.15, 0.2) is 46.0 Å². The lowest BCUT2D eigenvalue weighted by Crippen LogP contribution is -2.13. The molecule has 0 saturated carbocycles. The summed E-state index contributed by atoms with van der Waals surface area (Å²) >= 11 is 1.63. The molecule has 0 aliphatic carbocycles. The van der Waals surface area contributed by atoms with Gasteiger partial charge >= 0.3 is 0 Å². The van der Waals surface area contributed by atoms with E-state index in [1.165, 1.54) is 17.7 Å². The van der Waals surface area contributed by atoms with Gasteiger partial charge in [-0.1, -0.05) is 6.07 Å². The van der Waals surface area contributed by atoms with Crippen LogP contribution in [-0.4, -0.2) is 8.42 Å². The molecule has 0 bridgehead atoms. The topological polar surface area (TPSA) is 72.2 Å². The molecule has 0 aliphatic heterocycles. The van der Waals surface area contributed by atoms with Gasteiger partial charge in [0.25, 0.3) is 0 Å². The Hall–Kier alpha value is -1.37. The summed E-state index contributed by atoms with van der Waals surface area (Å²) in [7, 11) is -3.65. The van der Waals surface area contributed by atoms with E-state index in [2.05, 4.69) is 10.7 Å². The Bertz CT molecular complexity index is 621. The van der Waals surface area contributed by atoms with Crippen LogP contribution >= 0.6 is 11.3 Å². The monoisotopic (exact) mass is 282 g/mol. The Morgan fingerprint density at radius 1 is 1.33 bits per heavy atom. The molecule has 0 radical (unpaired) electrons. The lowest BCUT2D eigenvalue weighted by Gasteiger charge is -2.14. The Morgan fingerprint density at radius 3 is 2.72 bits per heavy atom. The van der Waals surface area contributed by atoms with Gasteiger partial charge in [0.15, 0.2) is 0 Å². The zero-order valence-corrected chi connectivity index (χ0v) is 11.5. The van der Waals surface area contributed by atoms with Crippen molar-refractivity contribution < 1.29 is 8.42 Å². The third-order valence-electron chi connectivity index (χ3n) is 2.59. The van der Waals surface area contributed by atoms with E-state index in [1.54, 1.807) is 17.4 Å². The van der Waals surface area contributed by atoms with Crippen LogP contribution in [0.25, 0.3) is 0 Å². The average Bonchev–Trinajstić information content (AvgIpc) is 2.81. The standard InChI is InChI=1S/C12H14N2O2S2/c1-9(10-5-6-17-8-10)14-11-3-2-4-12(7-11)18(13,15)16/h2-9,14H,1H3,(H2,13,15,16). The Kier molecular flexibility index (Phi) is 3.70. The third-order valence-corrected chi connectivity index (χ3v) is 4.20. The van der Waals surface area contributed by atoms with Gasteiger partial charge < -0.3 is 5.32 Å². The van der Waals surface area contributed by atoms with E-state index in [0.717, 1.165) is 5.69 Å². The average molecular weight is 282 g/mol. The summed E-state index contributed by atoms with van der Waals surface area (Å²) in [6.45, 7) is 2.02. The molecular weight excluding hydrogens is 268 g/mol. The Morgan fingerprint density at radius 2 is 2.11 bits per heavy atom. The van der Waals surface area contributed by atoms with Crippen molar-refractivity contribution in [2.45, 2.75) is 17.9 Å². The number of rotatable bonds is 4. The van der Waals surface area contributed by atoms with E-state index in [9.17, 15) is 8.42 Å². The maximum atomic E-state index is 11.3. The fourth-order valence-electron chi connectivity index (χ4n) is 1.62. The van der Waals surface area contributed by atoms with Crippen LogP contribution in [0.5, 0.6) is 0 Å². The van der Waals surface area contributed by atoms with Crippen LogP contribution in [0.2, 0.25) is 0 Å². The number of hydrogen-bond donors (Lipinski definition) is 2. The van der Waals surface area contributed by atoms with Gasteiger partial charge in [-0.3, -0.25) is 0 Å². The van der Waals surface area contributed by atoms with E-state index in [-0.39, 0.29) is 10.9 Å². The van der Waals surface area contributed by atoms with Gasteiger partial charge in [-0.2, -0.15) is 11.3 Å². The van der Waals surface area contributed by atoms with Crippen molar-refractivity contribution >= 4 is 27.0 Å². The quantitative estimate of drug-likeness (QED) is 0.905. The van der Waals surface area contributed by atoms with E-state index in [0.29, 0.717) is 0 Å². The summed E-state index contributed by atoms with van der Waals surface area (Å²) in [5.74, 6) is 0. The van der Waals surface area contributed by atoms with Crippen LogP contribution in [0.1, 0.15) is 18.5 Å². The molecule has 1 unspecified atom stereocenters. The van der Waals surface area contributed by atoms with Crippen molar-refractivity contribution in [3.05, 3.63) is 46.7 Å². The fourth-order valence-corrected chi connectivity index (χ4v) is 2.93. The van der Waals surface area contributed by atoms with E-state index < -0.39 is 10.0 Å². The first kappa shape index (κ1) is 13.1. The molecule has 1 aromatic heterocycles. The SMILES string of the molecule is CC(Nc1cccc(S(N)(=O)=O)c1)c1ccsc1. The maximum absolute atomic E-state index is 11.3. The highest BCUT2D eigenvalue weighted by atomic mass is 32.2. The second-order valence-corrected chi connectivity index (χ2v) is 6.34. The molecule has 1 atom stereocenters. The minimum Gasteiger partial charge on any atom is -0.378 e. The van der Waals surface area contributed by atoms with Crippen molar-refractivity contribution in [3.8, 4) is 0 Å². The first-order valence-corrected chi connectivity index (χ1v) is 7.87.